The number of carboxylic acids is 1. The number of aliphatic carboxylic acids is 1. The van der Waals surface area contributed by atoms with Gasteiger partial charge in [-0.15, -0.1) is 0 Å². The number of fused-ring (bicyclic) bond motifs is 1. The number of nitrogens with one attached hydrogen (secondary N) is 1. The molecule has 0 bridgehead atoms. The molecular formula is C26H27ClF3NO5. The fourth-order valence-electron chi connectivity index (χ4n) is 4.61. The van der Waals surface area contributed by atoms with E-state index in [1.165, 1.54) is 24.3 Å². The van der Waals surface area contributed by atoms with Gasteiger partial charge in [-0.05, 0) is 60.1 Å². The molecule has 4 rings (SSSR count). The zero-order chi connectivity index (χ0) is 26.4. The van der Waals surface area contributed by atoms with Crippen molar-refractivity contribution >= 4 is 29.2 Å². The lowest BCUT2D eigenvalue weighted by molar-refractivity contribution is -0.178. The average molecular weight is 526 g/mol. The van der Waals surface area contributed by atoms with E-state index in [1.54, 1.807) is 26.0 Å². The first-order chi connectivity index (χ1) is 16.7. The largest absolute Gasteiger partial charge is 0.481 e. The Bertz CT molecular complexity index is 1180. The van der Waals surface area contributed by atoms with E-state index in [4.69, 9.17) is 21.1 Å². The van der Waals surface area contributed by atoms with Crippen LogP contribution >= 0.6 is 11.6 Å². The predicted molar refractivity (Wildman–Crippen MR) is 128 cm³/mol. The van der Waals surface area contributed by atoms with Crippen molar-refractivity contribution < 1.29 is 37.3 Å². The maximum absolute atomic E-state index is 13.8. The second kappa shape index (κ2) is 9.50. The molecular weight excluding hydrogens is 499 g/mol. The molecule has 2 N–H and O–H groups in total. The van der Waals surface area contributed by atoms with Crippen LogP contribution in [0.25, 0.3) is 0 Å². The summed E-state index contributed by atoms with van der Waals surface area (Å²) in [5.41, 5.74) is 0.924. The molecule has 6 nitrogen and oxygen atoms in total. The van der Waals surface area contributed by atoms with Crippen molar-refractivity contribution in [2.75, 3.05) is 5.32 Å². The number of carbonyl (C=O) groups excluding carboxylic acids is 1. The molecule has 0 radical (unpaired) electrons. The highest BCUT2D eigenvalue weighted by atomic mass is 35.5. The van der Waals surface area contributed by atoms with Gasteiger partial charge in [-0.3, -0.25) is 9.59 Å². The lowest BCUT2D eigenvalue weighted by Gasteiger charge is -2.26. The van der Waals surface area contributed by atoms with Crippen molar-refractivity contribution in [3.63, 3.8) is 0 Å². The van der Waals surface area contributed by atoms with Crippen molar-refractivity contribution in [3.05, 3.63) is 52.5 Å². The number of carbonyl (C=O) groups is 2. The number of rotatable bonds is 8. The zero-order valence-corrected chi connectivity index (χ0v) is 20.7. The van der Waals surface area contributed by atoms with Gasteiger partial charge in [-0.1, -0.05) is 30.7 Å². The molecule has 1 aliphatic carbocycles. The summed E-state index contributed by atoms with van der Waals surface area (Å²) >= 11 is 6.28. The molecule has 2 aliphatic rings. The Labute approximate surface area is 211 Å². The molecule has 1 saturated carbocycles. The van der Waals surface area contributed by atoms with E-state index in [9.17, 15) is 27.9 Å². The minimum absolute atomic E-state index is 0.0824. The minimum atomic E-state index is -4.65. The van der Waals surface area contributed by atoms with E-state index in [-0.39, 0.29) is 40.3 Å². The van der Waals surface area contributed by atoms with Crippen LogP contribution in [0.3, 0.4) is 0 Å². The quantitative estimate of drug-likeness (QED) is 0.399. The molecule has 1 aliphatic heterocycles. The van der Waals surface area contributed by atoms with Gasteiger partial charge in [0.2, 0.25) is 11.7 Å². The lowest BCUT2D eigenvalue weighted by Crippen LogP contribution is -2.34. The summed E-state index contributed by atoms with van der Waals surface area (Å²) in [6.45, 7) is 4.29. The normalized spacial score (nSPS) is 18.9. The number of alkyl halides is 3. The van der Waals surface area contributed by atoms with Crippen LogP contribution in [0.5, 0.6) is 11.5 Å². The van der Waals surface area contributed by atoms with Gasteiger partial charge < -0.3 is 19.9 Å². The zero-order valence-electron chi connectivity index (χ0n) is 20.0. The third-order valence-corrected chi connectivity index (χ3v) is 6.93. The number of benzene rings is 2. The Morgan fingerprint density at radius 1 is 1.11 bits per heavy atom. The number of carboxylic acid groups (broad SMARTS) is 1. The summed E-state index contributed by atoms with van der Waals surface area (Å²) in [5.74, 6) is -5.85. The lowest BCUT2D eigenvalue weighted by atomic mass is 9.85. The van der Waals surface area contributed by atoms with Crippen molar-refractivity contribution in [1.29, 1.82) is 0 Å². The summed E-state index contributed by atoms with van der Waals surface area (Å²) in [4.78, 5) is 24.7. The maximum atomic E-state index is 13.8. The van der Waals surface area contributed by atoms with Gasteiger partial charge in [0.1, 0.15) is 0 Å². The van der Waals surface area contributed by atoms with Crippen molar-refractivity contribution in [1.82, 2.24) is 0 Å². The van der Waals surface area contributed by atoms with E-state index in [1.807, 2.05) is 0 Å². The first-order valence-electron chi connectivity index (χ1n) is 11.7. The molecule has 2 aromatic carbocycles. The molecule has 1 amide bonds. The molecule has 0 aromatic heterocycles. The van der Waals surface area contributed by atoms with Crippen molar-refractivity contribution in [2.24, 2.45) is 11.8 Å². The summed E-state index contributed by atoms with van der Waals surface area (Å²) in [6.07, 6.45) is -2.94. The summed E-state index contributed by atoms with van der Waals surface area (Å²) in [5, 5.41) is 12.0. The minimum Gasteiger partial charge on any atom is -0.481 e. The number of hydrogen-bond donors (Lipinski definition) is 2. The van der Waals surface area contributed by atoms with Gasteiger partial charge in [-0.25, -0.2) is 0 Å². The van der Waals surface area contributed by atoms with Crippen LogP contribution in [0, 0.1) is 11.8 Å². The predicted octanol–water partition coefficient (Wildman–Crippen LogP) is 6.74. The van der Waals surface area contributed by atoms with Gasteiger partial charge in [0.05, 0.1) is 29.0 Å². The number of halogens is 4. The number of ether oxygens (including phenoxy) is 2. The van der Waals surface area contributed by atoms with Crippen LogP contribution in [-0.2, 0) is 9.59 Å². The van der Waals surface area contributed by atoms with Gasteiger partial charge >= 0.3 is 12.1 Å². The molecule has 194 valence electrons. The second-order valence-electron chi connectivity index (χ2n) is 9.89. The van der Waals surface area contributed by atoms with Crippen LogP contribution in [0.4, 0.5) is 18.9 Å². The standard InChI is InChI=1S/C26H27ClF3NO5/c1-13(26(28,29)30)23(16-7-9-20-21(11-16)36-25(2,3)35-20)24(34)31-19-10-15(6-8-18(19)27)17(12-22(32)33)14-4-5-14/h6-11,13-14,17,23H,4-5,12H2,1-3H3,(H,31,34)(H,32,33)/t13-,17+,23-/m1/s1. The number of amides is 1. The maximum Gasteiger partial charge on any atom is 0.392 e. The van der Waals surface area contributed by atoms with Crippen LogP contribution in [0.1, 0.15) is 63.0 Å². The van der Waals surface area contributed by atoms with Gasteiger partial charge in [0.15, 0.2) is 11.5 Å². The van der Waals surface area contributed by atoms with Gasteiger partial charge in [-0.2, -0.15) is 13.2 Å². The van der Waals surface area contributed by atoms with E-state index in [0.29, 0.717) is 11.3 Å². The number of anilines is 1. The topological polar surface area (TPSA) is 84.9 Å². The molecule has 36 heavy (non-hydrogen) atoms. The fourth-order valence-corrected chi connectivity index (χ4v) is 4.78. The Morgan fingerprint density at radius 2 is 1.75 bits per heavy atom. The van der Waals surface area contributed by atoms with E-state index in [2.05, 4.69) is 5.32 Å². The fraction of sp³-hybridized carbons (Fsp3) is 0.462. The molecule has 0 spiro atoms. The van der Waals surface area contributed by atoms with Crippen LogP contribution in [-0.4, -0.2) is 28.9 Å². The summed E-state index contributed by atoms with van der Waals surface area (Å²) in [6, 6.07) is 9.08. The monoisotopic (exact) mass is 525 g/mol. The van der Waals surface area contributed by atoms with E-state index < -0.39 is 35.7 Å². The third-order valence-electron chi connectivity index (χ3n) is 6.60. The second-order valence-corrected chi connectivity index (χ2v) is 10.3. The average Bonchev–Trinajstić information content (AvgIpc) is 3.55. The highest BCUT2D eigenvalue weighted by Gasteiger charge is 2.46. The van der Waals surface area contributed by atoms with Crippen LogP contribution < -0.4 is 14.8 Å². The summed E-state index contributed by atoms with van der Waals surface area (Å²) in [7, 11) is 0. The van der Waals surface area contributed by atoms with Crippen LogP contribution in [0.2, 0.25) is 5.02 Å². The smallest absolute Gasteiger partial charge is 0.392 e. The number of hydrogen-bond acceptors (Lipinski definition) is 4. The Kier molecular flexibility index (Phi) is 6.90. The van der Waals surface area contributed by atoms with Crippen molar-refractivity contribution in [2.45, 2.75) is 63.8 Å². The van der Waals surface area contributed by atoms with E-state index in [0.717, 1.165) is 19.8 Å². The highest BCUT2D eigenvalue weighted by molar-refractivity contribution is 6.33. The molecule has 0 unspecified atom stereocenters. The van der Waals surface area contributed by atoms with Crippen LogP contribution in [0.15, 0.2) is 36.4 Å². The molecule has 3 atom stereocenters. The third kappa shape index (κ3) is 5.72. The van der Waals surface area contributed by atoms with Crippen molar-refractivity contribution in [3.8, 4) is 11.5 Å². The van der Waals surface area contributed by atoms with E-state index >= 15 is 0 Å². The summed E-state index contributed by atoms with van der Waals surface area (Å²) < 4.78 is 52.8. The first kappa shape index (κ1) is 26.1. The Hall–Kier alpha value is -2.94. The molecule has 1 heterocycles. The Morgan fingerprint density at radius 3 is 2.36 bits per heavy atom. The Balaban J connectivity index is 1.65. The molecule has 2 aromatic rings. The highest BCUT2D eigenvalue weighted by Crippen LogP contribution is 2.47. The first-order valence-corrected chi connectivity index (χ1v) is 12.0. The molecule has 10 heteroatoms. The molecule has 1 fully saturated rings. The SMILES string of the molecule is C[C@H]([C@@H](C(=O)Nc1cc([C@@H](CC(=O)O)C2CC2)ccc1Cl)c1ccc2c(c1)OC(C)(C)O2)C(F)(F)F. The van der Waals surface area contributed by atoms with Gasteiger partial charge in [0, 0.05) is 13.8 Å². The van der Waals surface area contributed by atoms with Gasteiger partial charge in [0.25, 0.3) is 0 Å². The molecule has 0 saturated heterocycles.